The minimum absolute atomic E-state index is 0. The molecule has 118 valence electrons. The van der Waals surface area contributed by atoms with Crippen molar-refractivity contribution in [2.45, 2.75) is 12.7 Å². The molecule has 1 aromatic carbocycles. The van der Waals surface area contributed by atoms with Gasteiger partial charge in [-0.15, -0.1) is 12.4 Å². The highest BCUT2D eigenvalue weighted by Gasteiger charge is 2.21. The van der Waals surface area contributed by atoms with E-state index in [4.69, 9.17) is 16.3 Å². The summed E-state index contributed by atoms with van der Waals surface area (Å²) in [5, 5.41) is 5.62. The molecular weight excluding hydrogens is 329 g/mol. The summed E-state index contributed by atoms with van der Waals surface area (Å²) in [4.78, 5) is 11.9. The van der Waals surface area contributed by atoms with E-state index in [0.717, 1.165) is 0 Å². The molecule has 1 saturated heterocycles. The van der Waals surface area contributed by atoms with Crippen LogP contribution in [-0.4, -0.2) is 38.3 Å². The average molecular weight is 343 g/mol. The third-order valence-electron chi connectivity index (χ3n) is 2.65. The fraction of sp³-hybridized carbons (Fsp3) is 0.417. The van der Waals surface area contributed by atoms with Crippen LogP contribution < -0.4 is 15.4 Å². The number of benzene rings is 1. The Bertz CT molecular complexity index is 486. The number of halogens is 4. The second kappa shape index (κ2) is 8.33. The Hall–Kier alpha value is -1.15. The Kier molecular flexibility index (Phi) is 7.10. The van der Waals surface area contributed by atoms with Gasteiger partial charge >= 0.3 is 6.61 Å². The van der Waals surface area contributed by atoms with Gasteiger partial charge in [-0.2, -0.15) is 8.78 Å². The maximum atomic E-state index is 12.1. The molecule has 1 heterocycles. The standard InChI is InChI=1S/C12H13ClF2N2O3.ClH/c13-8-5-7(1-2-10(8)20-12(14)15)17-11(18)9-6-19-4-3-16-9;/h1-2,5,9,12,16H,3-4,6H2,(H,17,18);1H. The normalized spacial score (nSPS) is 18.0. The largest absolute Gasteiger partial charge is 0.433 e. The number of hydrogen-bond donors (Lipinski definition) is 2. The maximum absolute atomic E-state index is 12.1. The molecule has 1 aliphatic rings. The first-order valence-corrected chi connectivity index (χ1v) is 6.30. The Morgan fingerprint density at radius 2 is 2.29 bits per heavy atom. The second-order valence-corrected chi connectivity index (χ2v) is 4.50. The minimum atomic E-state index is -2.95. The summed E-state index contributed by atoms with van der Waals surface area (Å²) < 4.78 is 33.5. The summed E-state index contributed by atoms with van der Waals surface area (Å²) in [6.07, 6.45) is 0. The fourth-order valence-corrected chi connectivity index (χ4v) is 1.96. The molecule has 9 heteroatoms. The van der Waals surface area contributed by atoms with E-state index in [2.05, 4.69) is 15.4 Å². The van der Waals surface area contributed by atoms with Gasteiger partial charge < -0.3 is 20.1 Å². The first-order chi connectivity index (χ1) is 9.56. The van der Waals surface area contributed by atoms with E-state index < -0.39 is 12.7 Å². The van der Waals surface area contributed by atoms with Gasteiger partial charge in [0.1, 0.15) is 11.8 Å². The molecule has 1 aromatic rings. The summed E-state index contributed by atoms with van der Waals surface area (Å²) in [6, 6.07) is 3.61. The lowest BCUT2D eigenvalue weighted by molar-refractivity contribution is -0.120. The van der Waals surface area contributed by atoms with Gasteiger partial charge in [0.25, 0.3) is 0 Å². The van der Waals surface area contributed by atoms with Crippen molar-refractivity contribution in [3.8, 4) is 5.75 Å². The van der Waals surface area contributed by atoms with Gasteiger partial charge in [-0.25, -0.2) is 0 Å². The summed E-state index contributed by atoms with van der Waals surface area (Å²) in [5.41, 5.74) is 0.397. The van der Waals surface area contributed by atoms with Gasteiger partial charge in [-0.3, -0.25) is 4.79 Å². The SMILES string of the molecule is Cl.O=C(Nc1ccc(OC(F)F)c(Cl)c1)C1COCCN1. The van der Waals surface area contributed by atoms with Crippen molar-refractivity contribution in [2.75, 3.05) is 25.1 Å². The highest BCUT2D eigenvalue weighted by molar-refractivity contribution is 6.32. The van der Waals surface area contributed by atoms with Crippen LogP contribution in [0.25, 0.3) is 0 Å². The van der Waals surface area contributed by atoms with E-state index in [-0.39, 0.29) is 35.7 Å². The molecule has 0 spiro atoms. The van der Waals surface area contributed by atoms with E-state index >= 15 is 0 Å². The number of hydrogen-bond acceptors (Lipinski definition) is 4. The molecule has 0 aromatic heterocycles. The molecule has 0 aliphatic carbocycles. The van der Waals surface area contributed by atoms with Gasteiger partial charge in [-0.05, 0) is 18.2 Å². The molecule has 5 nitrogen and oxygen atoms in total. The van der Waals surface area contributed by atoms with Crippen molar-refractivity contribution in [2.24, 2.45) is 0 Å². The van der Waals surface area contributed by atoms with Crippen LogP contribution in [0.2, 0.25) is 5.02 Å². The number of carbonyl (C=O) groups excluding carboxylic acids is 1. The Morgan fingerprint density at radius 3 is 2.86 bits per heavy atom. The van der Waals surface area contributed by atoms with Crippen LogP contribution in [0.1, 0.15) is 0 Å². The average Bonchev–Trinajstić information content (AvgIpc) is 2.42. The van der Waals surface area contributed by atoms with E-state index in [1.807, 2.05) is 0 Å². The molecule has 2 N–H and O–H groups in total. The van der Waals surface area contributed by atoms with Gasteiger partial charge in [0.15, 0.2) is 0 Å². The molecule has 1 fully saturated rings. The van der Waals surface area contributed by atoms with Gasteiger partial charge in [0, 0.05) is 12.2 Å². The van der Waals surface area contributed by atoms with Crippen molar-refractivity contribution in [1.82, 2.24) is 5.32 Å². The number of amides is 1. The lowest BCUT2D eigenvalue weighted by atomic mass is 10.2. The predicted molar refractivity (Wildman–Crippen MR) is 76.6 cm³/mol. The number of nitrogens with one attached hydrogen (secondary N) is 2. The van der Waals surface area contributed by atoms with Crippen LogP contribution in [0.5, 0.6) is 5.75 Å². The molecule has 1 aliphatic heterocycles. The van der Waals surface area contributed by atoms with Gasteiger partial charge in [0.05, 0.1) is 18.2 Å². The zero-order chi connectivity index (χ0) is 14.5. The van der Waals surface area contributed by atoms with E-state index in [9.17, 15) is 13.6 Å². The van der Waals surface area contributed by atoms with Crippen LogP contribution in [-0.2, 0) is 9.53 Å². The van der Waals surface area contributed by atoms with E-state index in [0.29, 0.717) is 18.8 Å². The highest BCUT2D eigenvalue weighted by atomic mass is 35.5. The maximum Gasteiger partial charge on any atom is 0.387 e. The van der Waals surface area contributed by atoms with Crippen LogP contribution in [0, 0.1) is 0 Å². The number of carbonyl (C=O) groups is 1. The summed E-state index contributed by atoms with van der Waals surface area (Å²) in [6.45, 7) is -1.50. The molecule has 1 atom stereocenters. The minimum Gasteiger partial charge on any atom is -0.433 e. The van der Waals surface area contributed by atoms with Crippen LogP contribution in [0.15, 0.2) is 18.2 Å². The number of morpholine rings is 1. The Morgan fingerprint density at radius 1 is 1.52 bits per heavy atom. The highest BCUT2D eigenvalue weighted by Crippen LogP contribution is 2.28. The number of alkyl halides is 2. The lowest BCUT2D eigenvalue weighted by Gasteiger charge is -2.23. The first-order valence-electron chi connectivity index (χ1n) is 5.92. The molecule has 0 radical (unpaired) electrons. The smallest absolute Gasteiger partial charge is 0.387 e. The lowest BCUT2D eigenvalue weighted by Crippen LogP contribution is -2.48. The molecule has 1 amide bonds. The molecule has 0 saturated carbocycles. The first kappa shape index (κ1) is 17.9. The summed E-state index contributed by atoms with van der Waals surface area (Å²) >= 11 is 5.79. The molecule has 1 unspecified atom stereocenters. The van der Waals surface area contributed by atoms with Crippen LogP contribution in [0.3, 0.4) is 0 Å². The molecule has 2 rings (SSSR count). The predicted octanol–water partition coefficient (Wildman–Crippen LogP) is 2.29. The Balaban J connectivity index is 0.00000220. The van der Waals surface area contributed by atoms with Gasteiger partial charge in [0.2, 0.25) is 5.91 Å². The van der Waals surface area contributed by atoms with Crippen molar-refractivity contribution in [3.63, 3.8) is 0 Å². The number of ether oxygens (including phenoxy) is 2. The monoisotopic (exact) mass is 342 g/mol. The van der Waals surface area contributed by atoms with Crippen molar-refractivity contribution >= 4 is 35.6 Å². The quantitative estimate of drug-likeness (QED) is 0.881. The number of rotatable bonds is 4. The van der Waals surface area contributed by atoms with Crippen LogP contribution in [0.4, 0.5) is 14.5 Å². The summed E-state index contributed by atoms with van der Waals surface area (Å²) in [7, 11) is 0. The van der Waals surface area contributed by atoms with Crippen LogP contribution >= 0.6 is 24.0 Å². The second-order valence-electron chi connectivity index (χ2n) is 4.09. The van der Waals surface area contributed by atoms with E-state index in [1.54, 1.807) is 0 Å². The number of anilines is 1. The van der Waals surface area contributed by atoms with Gasteiger partial charge in [-0.1, -0.05) is 11.6 Å². The molecule has 21 heavy (non-hydrogen) atoms. The topological polar surface area (TPSA) is 59.6 Å². The zero-order valence-corrected chi connectivity index (χ0v) is 12.3. The van der Waals surface area contributed by atoms with Crippen molar-refractivity contribution < 1.29 is 23.0 Å². The third-order valence-corrected chi connectivity index (χ3v) is 2.95. The summed E-state index contributed by atoms with van der Waals surface area (Å²) in [5.74, 6) is -0.415. The Labute approximate surface area is 131 Å². The van der Waals surface area contributed by atoms with E-state index in [1.165, 1.54) is 18.2 Å². The molecule has 0 bridgehead atoms. The fourth-order valence-electron chi connectivity index (χ4n) is 1.73. The zero-order valence-electron chi connectivity index (χ0n) is 10.8. The molecular formula is C12H14Cl2F2N2O3. The van der Waals surface area contributed by atoms with Crippen molar-refractivity contribution in [1.29, 1.82) is 0 Å². The third kappa shape index (κ3) is 5.28. The van der Waals surface area contributed by atoms with Crippen molar-refractivity contribution in [3.05, 3.63) is 23.2 Å².